The number of methoxy groups -OCH3 is 1. The Bertz CT molecular complexity index is 667. The summed E-state index contributed by atoms with van der Waals surface area (Å²) in [6, 6.07) is 6.28. The van der Waals surface area contributed by atoms with E-state index < -0.39 is 5.97 Å². The fourth-order valence-corrected chi connectivity index (χ4v) is 3.43. The molecule has 0 saturated carbocycles. The average molecular weight is 360 g/mol. The first-order chi connectivity index (χ1) is 12.6. The number of piperidine rings is 1. The molecule has 1 unspecified atom stereocenters. The van der Waals surface area contributed by atoms with E-state index in [-0.39, 0.29) is 17.9 Å². The summed E-state index contributed by atoms with van der Waals surface area (Å²) in [6.45, 7) is 2.69. The van der Waals surface area contributed by atoms with Crippen LogP contribution < -0.4 is 4.74 Å². The molecule has 0 spiro atoms. The summed E-state index contributed by atoms with van der Waals surface area (Å²) in [6.07, 6.45) is 3.60. The Kier molecular flexibility index (Phi) is 5.75. The Hall–Kier alpha value is -2.57. The molecule has 0 bridgehead atoms. The molecule has 0 radical (unpaired) electrons. The molecule has 2 aliphatic rings. The lowest BCUT2D eigenvalue weighted by Gasteiger charge is -2.34. The number of carbonyl (C=O) groups is 3. The zero-order chi connectivity index (χ0) is 18.5. The number of rotatable bonds is 3. The van der Waals surface area contributed by atoms with Crippen LogP contribution >= 0.6 is 0 Å². The highest BCUT2D eigenvalue weighted by molar-refractivity contribution is 5.89. The summed E-state index contributed by atoms with van der Waals surface area (Å²) in [5.41, 5.74) is 0.396. The maximum atomic E-state index is 12.5. The Morgan fingerprint density at radius 1 is 0.962 bits per heavy atom. The van der Waals surface area contributed by atoms with Crippen LogP contribution in [0.25, 0.3) is 0 Å². The van der Waals surface area contributed by atoms with Crippen molar-refractivity contribution in [2.45, 2.75) is 25.7 Å². The van der Waals surface area contributed by atoms with Crippen LogP contribution in [0.15, 0.2) is 24.3 Å². The predicted molar refractivity (Wildman–Crippen MR) is 93.9 cm³/mol. The molecule has 2 amide bonds. The zero-order valence-corrected chi connectivity index (χ0v) is 15.0. The van der Waals surface area contributed by atoms with Crippen LogP contribution in [-0.4, -0.2) is 61.1 Å². The molecular weight excluding hydrogens is 336 g/mol. The minimum absolute atomic E-state index is 0.0300. The Morgan fingerprint density at radius 2 is 1.62 bits per heavy atom. The number of amides is 2. The van der Waals surface area contributed by atoms with Gasteiger partial charge in [-0.2, -0.15) is 0 Å². The molecule has 0 aliphatic carbocycles. The molecule has 1 aromatic carbocycles. The summed E-state index contributed by atoms with van der Waals surface area (Å²) < 4.78 is 10.1. The smallest absolute Gasteiger partial charge is 0.337 e. The number of ether oxygens (including phenoxy) is 2. The molecule has 2 aliphatic heterocycles. The van der Waals surface area contributed by atoms with Gasteiger partial charge >= 0.3 is 18.0 Å². The quantitative estimate of drug-likeness (QED) is 0.611. The molecular formula is C19H24N2O5. The van der Waals surface area contributed by atoms with E-state index in [0.29, 0.717) is 30.8 Å². The van der Waals surface area contributed by atoms with Crippen molar-refractivity contribution in [2.75, 3.05) is 33.3 Å². The van der Waals surface area contributed by atoms with Gasteiger partial charge in [0.2, 0.25) is 0 Å². The van der Waals surface area contributed by atoms with Crippen molar-refractivity contribution in [3.8, 4) is 5.75 Å². The topological polar surface area (TPSA) is 76.1 Å². The van der Waals surface area contributed by atoms with Crippen LogP contribution in [-0.2, 0) is 9.53 Å². The molecule has 140 valence electrons. The normalized spacial score (nSPS) is 20.0. The second kappa shape index (κ2) is 8.21. The van der Waals surface area contributed by atoms with Gasteiger partial charge in [0.1, 0.15) is 5.75 Å². The van der Waals surface area contributed by atoms with Crippen molar-refractivity contribution in [2.24, 2.45) is 5.92 Å². The van der Waals surface area contributed by atoms with Crippen LogP contribution in [0, 0.1) is 5.92 Å². The van der Waals surface area contributed by atoms with Gasteiger partial charge in [-0.25, -0.2) is 9.59 Å². The third-order valence-electron chi connectivity index (χ3n) is 4.90. The van der Waals surface area contributed by atoms with Crippen LogP contribution in [0.1, 0.15) is 36.0 Å². The van der Waals surface area contributed by atoms with Gasteiger partial charge in [0, 0.05) is 26.2 Å². The summed E-state index contributed by atoms with van der Waals surface area (Å²) in [4.78, 5) is 40.0. The van der Waals surface area contributed by atoms with Crippen LogP contribution in [0.2, 0.25) is 0 Å². The van der Waals surface area contributed by atoms with E-state index >= 15 is 0 Å². The molecule has 1 aromatic rings. The van der Waals surface area contributed by atoms with Crippen molar-refractivity contribution < 1.29 is 23.9 Å². The van der Waals surface area contributed by atoms with Gasteiger partial charge < -0.3 is 19.3 Å². The first-order valence-electron chi connectivity index (χ1n) is 9.02. The van der Waals surface area contributed by atoms with E-state index in [1.54, 1.807) is 29.2 Å². The standard InChI is InChI=1S/C19H24N2O5/c1-25-17(22)14-6-8-16(9-7-14)26-18(23)15-5-4-12-21(13-15)19(24)20-10-2-3-11-20/h6-9,15H,2-5,10-13H2,1H3. The molecule has 0 N–H and O–H groups in total. The predicted octanol–water partition coefficient (Wildman–Crippen LogP) is 2.31. The van der Waals surface area contributed by atoms with Gasteiger partial charge in [-0.1, -0.05) is 0 Å². The minimum atomic E-state index is -0.439. The molecule has 3 rings (SSSR count). The first-order valence-corrected chi connectivity index (χ1v) is 9.02. The summed E-state index contributed by atoms with van der Waals surface area (Å²) in [5, 5.41) is 0. The zero-order valence-electron chi connectivity index (χ0n) is 15.0. The lowest BCUT2D eigenvalue weighted by molar-refractivity contribution is -0.140. The van der Waals surface area contributed by atoms with E-state index in [1.807, 2.05) is 4.90 Å². The molecule has 7 nitrogen and oxygen atoms in total. The largest absolute Gasteiger partial charge is 0.465 e. The van der Waals surface area contributed by atoms with Gasteiger partial charge in [0.25, 0.3) is 0 Å². The first kappa shape index (κ1) is 18.2. The van der Waals surface area contributed by atoms with Crippen molar-refractivity contribution >= 4 is 18.0 Å². The third kappa shape index (κ3) is 4.15. The van der Waals surface area contributed by atoms with E-state index in [9.17, 15) is 14.4 Å². The number of likely N-dealkylation sites (tertiary alicyclic amines) is 2. The number of hydrogen-bond donors (Lipinski definition) is 0. The van der Waals surface area contributed by atoms with Crippen molar-refractivity contribution in [3.05, 3.63) is 29.8 Å². The molecule has 2 fully saturated rings. The van der Waals surface area contributed by atoms with Gasteiger partial charge in [-0.15, -0.1) is 0 Å². The molecule has 2 heterocycles. The average Bonchev–Trinajstić information content (AvgIpc) is 3.22. The Balaban J connectivity index is 1.57. The second-order valence-corrected chi connectivity index (χ2v) is 6.70. The maximum Gasteiger partial charge on any atom is 0.337 e. The number of urea groups is 1. The molecule has 26 heavy (non-hydrogen) atoms. The van der Waals surface area contributed by atoms with E-state index in [0.717, 1.165) is 32.4 Å². The van der Waals surface area contributed by atoms with Gasteiger partial charge in [-0.3, -0.25) is 4.79 Å². The van der Waals surface area contributed by atoms with E-state index in [4.69, 9.17) is 4.74 Å². The van der Waals surface area contributed by atoms with Gasteiger partial charge in [-0.05, 0) is 49.9 Å². The lowest BCUT2D eigenvalue weighted by Crippen LogP contribution is -2.48. The highest BCUT2D eigenvalue weighted by Gasteiger charge is 2.32. The number of benzene rings is 1. The lowest BCUT2D eigenvalue weighted by atomic mass is 9.98. The third-order valence-corrected chi connectivity index (χ3v) is 4.90. The minimum Gasteiger partial charge on any atom is -0.465 e. The van der Waals surface area contributed by atoms with Crippen molar-refractivity contribution in [1.29, 1.82) is 0 Å². The van der Waals surface area contributed by atoms with Crippen LogP contribution in [0.4, 0.5) is 4.79 Å². The monoisotopic (exact) mass is 360 g/mol. The molecule has 7 heteroatoms. The highest BCUT2D eigenvalue weighted by Crippen LogP contribution is 2.22. The Labute approximate surface area is 152 Å². The number of carbonyl (C=O) groups excluding carboxylic acids is 3. The summed E-state index contributed by atoms with van der Waals surface area (Å²) in [7, 11) is 1.31. The second-order valence-electron chi connectivity index (χ2n) is 6.70. The number of esters is 2. The fourth-order valence-electron chi connectivity index (χ4n) is 3.43. The highest BCUT2D eigenvalue weighted by atomic mass is 16.5. The SMILES string of the molecule is COC(=O)c1ccc(OC(=O)C2CCCN(C(=O)N3CCCC3)C2)cc1. The fraction of sp³-hybridized carbons (Fsp3) is 0.526. The summed E-state index contributed by atoms with van der Waals surface area (Å²) >= 11 is 0. The summed E-state index contributed by atoms with van der Waals surface area (Å²) in [5.74, 6) is -0.720. The molecule has 2 saturated heterocycles. The molecule has 1 atom stereocenters. The van der Waals surface area contributed by atoms with E-state index in [2.05, 4.69) is 4.74 Å². The van der Waals surface area contributed by atoms with E-state index in [1.165, 1.54) is 7.11 Å². The number of hydrogen-bond acceptors (Lipinski definition) is 5. The number of nitrogens with zero attached hydrogens (tertiary/aromatic N) is 2. The Morgan fingerprint density at radius 3 is 2.27 bits per heavy atom. The van der Waals surface area contributed by atoms with Crippen molar-refractivity contribution in [1.82, 2.24) is 9.80 Å². The van der Waals surface area contributed by atoms with Crippen LogP contribution in [0.5, 0.6) is 5.75 Å². The van der Waals surface area contributed by atoms with Crippen molar-refractivity contribution in [3.63, 3.8) is 0 Å². The molecule has 0 aromatic heterocycles. The van der Waals surface area contributed by atoms with Gasteiger partial charge in [0.15, 0.2) is 0 Å². The van der Waals surface area contributed by atoms with Gasteiger partial charge in [0.05, 0.1) is 18.6 Å². The maximum absolute atomic E-state index is 12.5. The van der Waals surface area contributed by atoms with Crippen LogP contribution in [0.3, 0.4) is 0 Å².